The van der Waals surface area contributed by atoms with E-state index in [4.69, 9.17) is 4.74 Å². The first-order valence-electron chi connectivity index (χ1n) is 5.56. The van der Waals surface area contributed by atoms with Gasteiger partial charge in [-0.05, 0) is 24.3 Å². The van der Waals surface area contributed by atoms with Gasteiger partial charge in [0.2, 0.25) is 0 Å². The molecule has 1 fully saturated rings. The summed E-state index contributed by atoms with van der Waals surface area (Å²) in [6.45, 7) is 1.59. The zero-order chi connectivity index (χ0) is 10.3. The maximum atomic E-state index is 12.1. The lowest BCUT2D eigenvalue weighted by Gasteiger charge is -2.13. The Balaban J connectivity index is 1.89. The molecule has 78 valence electrons. The van der Waals surface area contributed by atoms with Gasteiger partial charge in [0, 0.05) is 18.1 Å². The first-order valence-corrected chi connectivity index (χ1v) is 5.56. The molecule has 2 nitrogen and oxygen atoms in total. The summed E-state index contributed by atoms with van der Waals surface area (Å²) >= 11 is 0. The quantitative estimate of drug-likeness (QED) is 0.697. The first-order chi connectivity index (χ1) is 7.36. The molecule has 1 saturated heterocycles. The van der Waals surface area contributed by atoms with E-state index >= 15 is 0 Å². The fourth-order valence-corrected chi connectivity index (χ4v) is 2.72. The van der Waals surface area contributed by atoms with Gasteiger partial charge in [-0.2, -0.15) is 0 Å². The molecule has 2 heteroatoms. The lowest BCUT2D eigenvalue weighted by atomic mass is 9.88. The Labute approximate surface area is 89.2 Å². The topological polar surface area (TPSA) is 26.3 Å². The van der Waals surface area contributed by atoms with Gasteiger partial charge in [0.15, 0.2) is 5.78 Å². The summed E-state index contributed by atoms with van der Waals surface area (Å²) in [6.07, 6.45) is 1.97. The van der Waals surface area contributed by atoms with Crippen LogP contribution in [0.2, 0.25) is 0 Å². The highest BCUT2D eigenvalue weighted by atomic mass is 16.5. The summed E-state index contributed by atoms with van der Waals surface area (Å²) in [5.41, 5.74) is 2.16. The summed E-state index contributed by atoms with van der Waals surface area (Å²) < 4.78 is 5.36. The molecular formula is C13H14O2. The number of Topliss-reactive ketones (excluding diaryl/α,β-unsaturated/α-hetero) is 1. The van der Waals surface area contributed by atoms with Crippen molar-refractivity contribution in [2.24, 2.45) is 11.8 Å². The third-order valence-corrected chi connectivity index (χ3v) is 3.59. The highest BCUT2D eigenvalue weighted by Gasteiger charge is 2.37. The highest BCUT2D eigenvalue weighted by Crippen LogP contribution is 2.34. The lowest BCUT2D eigenvalue weighted by molar-refractivity contribution is 0.0876. The molecule has 15 heavy (non-hydrogen) atoms. The van der Waals surface area contributed by atoms with Gasteiger partial charge in [0.05, 0.1) is 6.61 Å². The molecule has 0 amide bonds. The molecule has 1 aliphatic carbocycles. The van der Waals surface area contributed by atoms with Gasteiger partial charge in [-0.25, -0.2) is 0 Å². The third kappa shape index (κ3) is 1.40. The van der Waals surface area contributed by atoms with Gasteiger partial charge in [-0.1, -0.05) is 24.3 Å². The van der Waals surface area contributed by atoms with Crippen LogP contribution in [0.5, 0.6) is 0 Å². The molecule has 1 aromatic rings. The van der Waals surface area contributed by atoms with Crippen LogP contribution in [0, 0.1) is 11.8 Å². The van der Waals surface area contributed by atoms with E-state index in [0.29, 0.717) is 11.7 Å². The number of rotatable bonds is 1. The van der Waals surface area contributed by atoms with Crippen molar-refractivity contribution in [3.05, 3.63) is 35.4 Å². The molecule has 0 saturated carbocycles. The van der Waals surface area contributed by atoms with Gasteiger partial charge in [0.25, 0.3) is 0 Å². The van der Waals surface area contributed by atoms with Crippen LogP contribution in [0.1, 0.15) is 22.3 Å². The van der Waals surface area contributed by atoms with Gasteiger partial charge in [-0.3, -0.25) is 4.79 Å². The van der Waals surface area contributed by atoms with Crippen LogP contribution in [0.3, 0.4) is 0 Å². The molecule has 0 aromatic heterocycles. The van der Waals surface area contributed by atoms with Crippen LogP contribution in [-0.2, 0) is 11.2 Å². The average Bonchev–Trinajstić information content (AvgIpc) is 2.87. The van der Waals surface area contributed by atoms with Crippen LogP contribution < -0.4 is 0 Å². The maximum Gasteiger partial charge on any atom is 0.166 e. The molecular weight excluding hydrogens is 188 g/mol. The molecule has 1 heterocycles. The average molecular weight is 202 g/mol. The van der Waals surface area contributed by atoms with Crippen LogP contribution in [0.4, 0.5) is 0 Å². The molecule has 1 aromatic carbocycles. The van der Waals surface area contributed by atoms with Crippen LogP contribution in [0.25, 0.3) is 0 Å². The zero-order valence-corrected chi connectivity index (χ0v) is 8.61. The zero-order valence-electron chi connectivity index (χ0n) is 8.61. The van der Waals surface area contributed by atoms with Gasteiger partial charge < -0.3 is 4.74 Å². The fraction of sp³-hybridized carbons (Fsp3) is 0.462. The van der Waals surface area contributed by atoms with Crippen LogP contribution >= 0.6 is 0 Å². The molecule has 2 atom stereocenters. The van der Waals surface area contributed by atoms with Gasteiger partial charge in [-0.15, -0.1) is 0 Å². The molecule has 0 bridgehead atoms. The Hall–Kier alpha value is -1.15. The van der Waals surface area contributed by atoms with Crippen LogP contribution in [0.15, 0.2) is 24.3 Å². The summed E-state index contributed by atoms with van der Waals surface area (Å²) in [4.78, 5) is 12.1. The number of ketones is 1. The molecule has 2 aliphatic rings. The number of hydrogen-bond donors (Lipinski definition) is 0. The Kier molecular flexibility index (Phi) is 2.10. The normalized spacial score (nSPS) is 29.5. The largest absolute Gasteiger partial charge is 0.381 e. The minimum atomic E-state index is 0.185. The Morgan fingerprint density at radius 3 is 2.87 bits per heavy atom. The predicted octanol–water partition coefficient (Wildman–Crippen LogP) is 2.08. The minimum Gasteiger partial charge on any atom is -0.381 e. The third-order valence-electron chi connectivity index (χ3n) is 3.59. The van der Waals surface area contributed by atoms with E-state index in [-0.39, 0.29) is 5.92 Å². The fourth-order valence-electron chi connectivity index (χ4n) is 2.72. The summed E-state index contributed by atoms with van der Waals surface area (Å²) in [6, 6.07) is 7.99. The minimum absolute atomic E-state index is 0.185. The summed E-state index contributed by atoms with van der Waals surface area (Å²) in [5.74, 6) is 0.968. The Bertz CT molecular complexity index is 391. The van der Waals surface area contributed by atoms with E-state index in [2.05, 4.69) is 6.07 Å². The molecule has 1 aliphatic heterocycles. The number of benzene rings is 1. The number of hydrogen-bond acceptors (Lipinski definition) is 2. The number of carbonyl (C=O) groups is 1. The standard InChI is InChI=1S/C13H14O2/c14-13-11-4-2-1-3-9(11)7-12(13)10-5-6-15-8-10/h1-4,10,12H,5-8H2. The van der Waals surface area contributed by atoms with Gasteiger partial charge >= 0.3 is 0 Å². The number of ether oxygens (including phenoxy) is 1. The summed E-state index contributed by atoms with van der Waals surface area (Å²) in [7, 11) is 0. The second-order valence-corrected chi connectivity index (χ2v) is 4.46. The van der Waals surface area contributed by atoms with Gasteiger partial charge in [0.1, 0.15) is 0 Å². The first kappa shape index (κ1) is 9.10. The van der Waals surface area contributed by atoms with Crippen molar-refractivity contribution in [3.8, 4) is 0 Å². The van der Waals surface area contributed by atoms with Crippen molar-refractivity contribution in [3.63, 3.8) is 0 Å². The SMILES string of the molecule is O=C1c2ccccc2CC1C1CCOC1. The van der Waals surface area contributed by atoms with E-state index in [0.717, 1.165) is 31.6 Å². The van der Waals surface area contributed by atoms with E-state index in [1.807, 2.05) is 18.2 Å². The van der Waals surface area contributed by atoms with Crippen LogP contribution in [-0.4, -0.2) is 19.0 Å². The Morgan fingerprint density at radius 2 is 2.13 bits per heavy atom. The van der Waals surface area contributed by atoms with E-state index in [1.165, 1.54) is 5.56 Å². The maximum absolute atomic E-state index is 12.1. The molecule has 0 N–H and O–H groups in total. The number of carbonyl (C=O) groups excluding carboxylic acids is 1. The smallest absolute Gasteiger partial charge is 0.166 e. The highest BCUT2D eigenvalue weighted by molar-refractivity contribution is 6.02. The van der Waals surface area contributed by atoms with Crippen molar-refractivity contribution < 1.29 is 9.53 Å². The van der Waals surface area contributed by atoms with Crippen molar-refractivity contribution in [2.45, 2.75) is 12.8 Å². The predicted molar refractivity (Wildman–Crippen MR) is 56.9 cm³/mol. The van der Waals surface area contributed by atoms with E-state index in [1.54, 1.807) is 0 Å². The summed E-state index contributed by atoms with van der Waals surface area (Å²) in [5, 5.41) is 0. The van der Waals surface area contributed by atoms with Crippen molar-refractivity contribution >= 4 is 5.78 Å². The van der Waals surface area contributed by atoms with Crippen molar-refractivity contribution in [1.29, 1.82) is 0 Å². The van der Waals surface area contributed by atoms with Crippen molar-refractivity contribution in [2.75, 3.05) is 13.2 Å². The van der Waals surface area contributed by atoms with E-state index < -0.39 is 0 Å². The monoisotopic (exact) mass is 202 g/mol. The van der Waals surface area contributed by atoms with E-state index in [9.17, 15) is 4.79 Å². The molecule has 0 spiro atoms. The number of fused-ring (bicyclic) bond motifs is 1. The lowest BCUT2D eigenvalue weighted by Crippen LogP contribution is -2.20. The van der Waals surface area contributed by atoms with Crippen molar-refractivity contribution in [1.82, 2.24) is 0 Å². The molecule has 0 radical (unpaired) electrons. The molecule has 3 rings (SSSR count). The molecule has 2 unspecified atom stereocenters. The second-order valence-electron chi connectivity index (χ2n) is 4.46. The Morgan fingerprint density at radius 1 is 1.27 bits per heavy atom. The second kappa shape index (κ2) is 3.46.